The Balaban J connectivity index is 1.50. The third-order valence-electron chi connectivity index (χ3n) is 7.95. The molecule has 0 saturated carbocycles. The molecule has 0 aromatic heterocycles. The normalized spacial score (nSPS) is 25.5. The van der Waals surface area contributed by atoms with Crippen molar-refractivity contribution in [3.8, 4) is 11.5 Å². The number of fused-ring (bicyclic) bond motifs is 4. The Hall–Kier alpha value is -3.63. The summed E-state index contributed by atoms with van der Waals surface area (Å²) in [7, 11) is 3.08. The fourth-order valence-electron chi connectivity index (χ4n) is 6.09. The zero-order valence-electron chi connectivity index (χ0n) is 21.3. The van der Waals surface area contributed by atoms with E-state index in [1.54, 1.807) is 38.3 Å². The molecule has 11 heteroatoms. The van der Waals surface area contributed by atoms with Gasteiger partial charge in [-0.1, -0.05) is 23.7 Å². The summed E-state index contributed by atoms with van der Waals surface area (Å²) in [5, 5.41) is 6.66. The second-order valence-corrected chi connectivity index (χ2v) is 10.3. The van der Waals surface area contributed by atoms with Gasteiger partial charge in [0.15, 0.2) is 11.5 Å². The van der Waals surface area contributed by atoms with Crippen LogP contribution in [0.2, 0.25) is 5.02 Å². The number of amides is 4. The van der Waals surface area contributed by atoms with Crippen LogP contribution in [0.25, 0.3) is 0 Å². The molecule has 1 spiro atoms. The van der Waals surface area contributed by atoms with Gasteiger partial charge < -0.3 is 20.5 Å². The lowest BCUT2D eigenvalue weighted by atomic mass is 9.76. The van der Waals surface area contributed by atoms with E-state index in [0.29, 0.717) is 39.8 Å². The van der Waals surface area contributed by atoms with Crippen molar-refractivity contribution in [1.82, 2.24) is 10.2 Å². The number of methoxy groups -OCH3 is 2. The summed E-state index contributed by atoms with van der Waals surface area (Å²) in [6.45, 7) is 1.92. The van der Waals surface area contributed by atoms with Crippen LogP contribution in [-0.2, 0) is 31.1 Å². The van der Waals surface area contributed by atoms with Crippen molar-refractivity contribution in [1.29, 1.82) is 0 Å². The number of nitrogens with two attached hydrogens (primary N) is 1. The Morgan fingerprint density at radius 3 is 2.53 bits per heavy atom. The number of likely N-dealkylation sites (tertiary alicyclic amines) is 1. The van der Waals surface area contributed by atoms with E-state index in [4.69, 9.17) is 26.8 Å². The topological polar surface area (TPSA) is 140 Å². The Morgan fingerprint density at radius 2 is 1.84 bits per heavy atom. The van der Waals surface area contributed by atoms with E-state index in [1.165, 1.54) is 12.0 Å². The third kappa shape index (κ3) is 3.82. The molecule has 5 rings (SSSR count). The SMILES string of the molecule is COc1ccc(CCN2C(=O)[C@@H]3[C@H](CCC(N)=O)N[C@@]4(C(=O)Nc5c4ccc(Cl)c5C)[C@@H]3C2=O)cc1OC. The molecule has 3 aliphatic heterocycles. The molecule has 2 fully saturated rings. The molecule has 10 nitrogen and oxygen atoms in total. The molecule has 0 aliphatic carbocycles. The van der Waals surface area contributed by atoms with Crippen LogP contribution in [0.5, 0.6) is 11.5 Å². The summed E-state index contributed by atoms with van der Waals surface area (Å²) in [5.74, 6) is -2.41. The molecular weight excluding hydrogens is 512 g/mol. The predicted octanol–water partition coefficient (Wildman–Crippen LogP) is 1.89. The number of benzene rings is 2. The zero-order valence-corrected chi connectivity index (χ0v) is 22.1. The fraction of sp³-hybridized carbons (Fsp3) is 0.407. The van der Waals surface area contributed by atoms with Crippen LogP contribution in [0.4, 0.5) is 5.69 Å². The van der Waals surface area contributed by atoms with E-state index in [2.05, 4.69) is 10.6 Å². The number of ether oxygens (including phenoxy) is 2. The van der Waals surface area contributed by atoms with Crippen LogP contribution >= 0.6 is 11.6 Å². The molecule has 38 heavy (non-hydrogen) atoms. The van der Waals surface area contributed by atoms with Gasteiger partial charge in [0.2, 0.25) is 23.6 Å². The summed E-state index contributed by atoms with van der Waals surface area (Å²) in [6, 6.07) is 8.22. The van der Waals surface area contributed by atoms with E-state index in [9.17, 15) is 19.2 Å². The van der Waals surface area contributed by atoms with Gasteiger partial charge in [-0.05, 0) is 49.1 Å². The first kappa shape index (κ1) is 26.0. The number of hydrogen-bond acceptors (Lipinski definition) is 7. The Kier molecular flexibility index (Phi) is 6.56. The van der Waals surface area contributed by atoms with Crippen molar-refractivity contribution in [2.24, 2.45) is 17.6 Å². The molecule has 2 aromatic rings. The number of carbonyl (C=O) groups excluding carboxylic acids is 4. The Bertz CT molecular complexity index is 1360. The molecule has 0 bridgehead atoms. The highest BCUT2D eigenvalue weighted by Crippen LogP contribution is 2.54. The number of halogens is 1. The summed E-state index contributed by atoms with van der Waals surface area (Å²) in [4.78, 5) is 54.1. The molecule has 200 valence electrons. The average molecular weight is 541 g/mol. The predicted molar refractivity (Wildman–Crippen MR) is 139 cm³/mol. The zero-order chi connectivity index (χ0) is 27.4. The molecule has 4 atom stereocenters. The maximum absolute atomic E-state index is 13.9. The maximum atomic E-state index is 13.9. The number of primary amides is 1. The monoisotopic (exact) mass is 540 g/mol. The Labute approximate surface area is 224 Å². The van der Waals surface area contributed by atoms with Crippen molar-refractivity contribution in [3.63, 3.8) is 0 Å². The lowest BCUT2D eigenvalue weighted by Crippen LogP contribution is -2.53. The highest BCUT2D eigenvalue weighted by Gasteiger charge is 2.70. The summed E-state index contributed by atoms with van der Waals surface area (Å²) in [5.41, 5.74) is 6.58. The Morgan fingerprint density at radius 1 is 1.11 bits per heavy atom. The summed E-state index contributed by atoms with van der Waals surface area (Å²) >= 11 is 6.31. The molecule has 3 aliphatic rings. The number of hydrogen-bond donors (Lipinski definition) is 3. The minimum Gasteiger partial charge on any atom is -0.493 e. The van der Waals surface area contributed by atoms with Gasteiger partial charge in [0.05, 0.1) is 31.7 Å². The summed E-state index contributed by atoms with van der Waals surface area (Å²) in [6.07, 6.45) is 0.620. The van der Waals surface area contributed by atoms with Gasteiger partial charge in [0, 0.05) is 29.6 Å². The van der Waals surface area contributed by atoms with Gasteiger partial charge in [0.25, 0.3) is 0 Å². The van der Waals surface area contributed by atoms with E-state index in [1.807, 2.05) is 6.07 Å². The smallest absolute Gasteiger partial charge is 0.250 e. The van der Waals surface area contributed by atoms with E-state index in [0.717, 1.165) is 5.56 Å². The highest BCUT2D eigenvalue weighted by molar-refractivity contribution is 6.32. The van der Waals surface area contributed by atoms with Crippen LogP contribution in [-0.4, -0.2) is 55.3 Å². The minimum atomic E-state index is -1.46. The third-order valence-corrected chi connectivity index (χ3v) is 8.36. The standard InChI is InChI=1S/C27H29ClN4O6/c1-13-16(28)6-5-15-23(13)30-26(36)27(15)22-21(17(31-27)7-9-20(29)33)24(34)32(25(22)35)11-10-14-4-8-18(37-2)19(12-14)38-3/h4-6,8,12,17,21-22,31H,7,9-11H2,1-3H3,(H2,29,33)(H,30,36)/t17-,21+,22-,27+/m0/s1. The van der Waals surface area contributed by atoms with Crippen molar-refractivity contribution in [2.45, 2.75) is 37.8 Å². The lowest BCUT2D eigenvalue weighted by molar-refractivity contribution is -0.142. The van der Waals surface area contributed by atoms with Gasteiger partial charge in [-0.2, -0.15) is 0 Å². The number of carbonyl (C=O) groups is 4. The number of imide groups is 1. The van der Waals surface area contributed by atoms with Gasteiger partial charge in [-0.15, -0.1) is 0 Å². The molecule has 0 radical (unpaired) electrons. The van der Waals surface area contributed by atoms with Crippen LogP contribution in [0.15, 0.2) is 30.3 Å². The lowest BCUT2D eigenvalue weighted by Gasteiger charge is -2.29. The van der Waals surface area contributed by atoms with Gasteiger partial charge in [-0.3, -0.25) is 29.4 Å². The number of anilines is 1. The molecular formula is C27H29ClN4O6. The molecule has 4 N–H and O–H groups in total. The fourth-order valence-corrected chi connectivity index (χ4v) is 6.25. The second-order valence-electron chi connectivity index (χ2n) is 9.88. The summed E-state index contributed by atoms with van der Waals surface area (Å²) < 4.78 is 10.6. The molecule has 2 saturated heterocycles. The van der Waals surface area contributed by atoms with Crippen LogP contribution < -0.4 is 25.8 Å². The van der Waals surface area contributed by atoms with Crippen LogP contribution in [0.3, 0.4) is 0 Å². The van der Waals surface area contributed by atoms with Crippen LogP contribution in [0, 0.1) is 18.8 Å². The largest absolute Gasteiger partial charge is 0.493 e. The molecule has 3 heterocycles. The molecule has 4 amide bonds. The first-order valence-corrected chi connectivity index (χ1v) is 12.7. The first-order valence-electron chi connectivity index (χ1n) is 12.4. The number of nitrogens with zero attached hydrogens (tertiary/aromatic N) is 1. The van der Waals surface area contributed by atoms with E-state index >= 15 is 0 Å². The first-order chi connectivity index (χ1) is 18.1. The maximum Gasteiger partial charge on any atom is 0.250 e. The average Bonchev–Trinajstić information content (AvgIpc) is 3.48. The van der Waals surface area contributed by atoms with Gasteiger partial charge >= 0.3 is 0 Å². The number of rotatable bonds is 8. The van der Waals surface area contributed by atoms with Crippen molar-refractivity contribution >= 4 is 40.9 Å². The van der Waals surface area contributed by atoms with Gasteiger partial charge in [0.1, 0.15) is 5.54 Å². The molecule has 0 unspecified atom stereocenters. The van der Waals surface area contributed by atoms with Gasteiger partial charge in [-0.25, -0.2) is 0 Å². The van der Waals surface area contributed by atoms with Crippen molar-refractivity contribution in [2.75, 3.05) is 26.1 Å². The highest BCUT2D eigenvalue weighted by atomic mass is 35.5. The van der Waals surface area contributed by atoms with E-state index < -0.39 is 41.1 Å². The van der Waals surface area contributed by atoms with Crippen LogP contribution in [0.1, 0.15) is 29.5 Å². The van der Waals surface area contributed by atoms with E-state index in [-0.39, 0.29) is 25.3 Å². The molecule has 2 aromatic carbocycles. The van der Waals surface area contributed by atoms with Crippen molar-refractivity contribution in [3.05, 3.63) is 52.0 Å². The number of nitrogens with one attached hydrogen (secondary N) is 2. The second kappa shape index (κ2) is 9.59. The van der Waals surface area contributed by atoms with Crippen molar-refractivity contribution < 1.29 is 28.7 Å². The minimum absolute atomic E-state index is 0.0121. The quantitative estimate of drug-likeness (QED) is 0.434.